The molecule has 2 heterocycles. The topological polar surface area (TPSA) is 51.9 Å². The van der Waals surface area contributed by atoms with Gasteiger partial charge < -0.3 is 9.88 Å². The number of amides is 1. The minimum absolute atomic E-state index is 0.0810. The molecule has 5 nitrogen and oxygen atoms in total. The molecule has 0 aliphatic carbocycles. The van der Waals surface area contributed by atoms with Gasteiger partial charge in [-0.25, -0.2) is 0 Å². The van der Waals surface area contributed by atoms with Crippen LogP contribution in [0.3, 0.4) is 0 Å². The Bertz CT molecular complexity index is 821. The van der Waals surface area contributed by atoms with Crippen molar-refractivity contribution in [3.8, 4) is 5.69 Å². The molecule has 0 aliphatic heterocycles. The number of nitrogens with zero attached hydrogens (tertiary/aromatic N) is 3. The zero-order valence-corrected chi connectivity index (χ0v) is 14.4. The molecule has 0 radical (unpaired) electrons. The van der Waals surface area contributed by atoms with Crippen molar-refractivity contribution in [3.63, 3.8) is 0 Å². The molecule has 1 N–H and O–H groups in total. The second kappa shape index (κ2) is 6.93. The molecule has 0 saturated carbocycles. The third-order valence-corrected chi connectivity index (χ3v) is 4.38. The summed E-state index contributed by atoms with van der Waals surface area (Å²) in [7, 11) is 0. The number of hydrogen-bond acceptors (Lipinski definition) is 2. The van der Waals surface area contributed by atoms with E-state index in [1.165, 1.54) is 0 Å². The summed E-state index contributed by atoms with van der Waals surface area (Å²) in [6.07, 6.45) is 5.54. The van der Waals surface area contributed by atoms with Crippen LogP contribution in [0.5, 0.6) is 0 Å². The summed E-state index contributed by atoms with van der Waals surface area (Å²) in [5.41, 5.74) is 2.93. The molecule has 3 rings (SSSR count). The fourth-order valence-corrected chi connectivity index (χ4v) is 2.67. The highest BCUT2D eigenvalue weighted by Crippen LogP contribution is 2.17. The van der Waals surface area contributed by atoms with Gasteiger partial charge in [-0.1, -0.05) is 23.7 Å². The normalized spacial score (nSPS) is 12.1. The smallest absolute Gasteiger partial charge is 0.242 e. The first-order valence-corrected chi connectivity index (χ1v) is 8.13. The Labute approximate surface area is 145 Å². The number of aromatic nitrogens is 3. The maximum Gasteiger partial charge on any atom is 0.242 e. The lowest BCUT2D eigenvalue weighted by molar-refractivity contribution is -0.122. The maximum atomic E-state index is 12.2. The van der Waals surface area contributed by atoms with Crippen molar-refractivity contribution in [2.45, 2.75) is 26.4 Å². The highest BCUT2D eigenvalue weighted by molar-refractivity contribution is 6.31. The fourth-order valence-electron chi connectivity index (χ4n) is 2.53. The summed E-state index contributed by atoms with van der Waals surface area (Å²) in [6.45, 7) is 3.96. The number of rotatable bonds is 5. The predicted molar refractivity (Wildman–Crippen MR) is 94.3 cm³/mol. The molecule has 0 saturated heterocycles. The number of nitrogens with one attached hydrogen (secondary N) is 1. The largest absolute Gasteiger partial charge is 0.348 e. The molecular formula is C18H19ClN4O. The first-order valence-electron chi connectivity index (χ1n) is 7.75. The van der Waals surface area contributed by atoms with Crippen molar-refractivity contribution >= 4 is 17.5 Å². The van der Waals surface area contributed by atoms with E-state index in [2.05, 4.69) is 10.4 Å². The van der Waals surface area contributed by atoms with Gasteiger partial charge in [0, 0.05) is 18.1 Å². The van der Waals surface area contributed by atoms with Crippen molar-refractivity contribution in [1.29, 1.82) is 0 Å². The van der Waals surface area contributed by atoms with Gasteiger partial charge in [0.15, 0.2) is 0 Å². The van der Waals surface area contributed by atoms with E-state index in [-0.39, 0.29) is 18.5 Å². The van der Waals surface area contributed by atoms with Crippen LogP contribution in [0.2, 0.25) is 5.02 Å². The summed E-state index contributed by atoms with van der Waals surface area (Å²) >= 11 is 5.95. The third kappa shape index (κ3) is 3.51. The molecular weight excluding hydrogens is 324 g/mol. The summed E-state index contributed by atoms with van der Waals surface area (Å²) < 4.78 is 3.64. The number of carbonyl (C=O) groups is 1. The summed E-state index contributed by atoms with van der Waals surface area (Å²) in [6, 6.07) is 12.0. The second-order valence-electron chi connectivity index (χ2n) is 5.71. The zero-order chi connectivity index (χ0) is 17.1. The van der Waals surface area contributed by atoms with Gasteiger partial charge in [0.2, 0.25) is 5.91 Å². The molecule has 6 heteroatoms. The molecule has 0 fully saturated rings. The third-order valence-electron chi connectivity index (χ3n) is 4.01. The van der Waals surface area contributed by atoms with E-state index in [1.54, 1.807) is 10.9 Å². The van der Waals surface area contributed by atoms with Crippen LogP contribution in [0.4, 0.5) is 0 Å². The highest BCUT2D eigenvalue weighted by Gasteiger charge is 2.12. The average Bonchev–Trinajstić information content (AvgIpc) is 3.21. The molecule has 1 atom stereocenters. The van der Waals surface area contributed by atoms with E-state index in [1.807, 2.05) is 67.2 Å². The average molecular weight is 343 g/mol. The van der Waals surface area contributed by atoms with Crippen molar-refractivity contribution in [3.05, 3.63) is 71.3 Å². The molecule has 24 heavy (non-hydrogen) atoms. The molecule has 1 amide bonds. The molecule has 1 aromatic carbocycles. The van der Waals surface area contributed by atoms with Gasteiger partial charge in [0.05, 0.1) is 23.0 Å². The van der Waals surface area contributed by atoms with Crippen LogP contribution in [0.25, 0.3) is 5.69 Å². The number of halogens is 1. The molecule has 2 aromatic heterocycles. The van der Waals surface area contributed by atoms with Gasteiger partial charge >= 0.3 is 0 Å². The van der Waals surface area contributed by atoms with E-state index < -0.39 is 0 Å². The summed E-state index contributed by atoms with van der Waals surface area (Å²) in [5.74, 6) is -0.0974. The van der Waals surface area contributed by atoms with E-state index >= 15 is 0 Å². The van der Waals surface area contributed by atoms with Gasteiger partial charge in [-0.2, -0.15) is 5.10 Å². The van der Waals surface area contributed by atoms with Crippen LogP contribution in [0, 0.1) is 6.92 Å². The van der Waals surface area contributed by atoms with Crippen molar-refractivity contribution in [2.75, 3.05) is 0 Å². The second-order valence-corrected chi connectivity index (χ2v) is 6.11. The molecule has 124 valence electrons. The van der Waals surface area contributed by atoms with E-state index in [0.717, 1.165) is 16.9 Å². The lowest BCUT2D eigenvalue weighted by Crippen LogP contribution is -2.30. The first kappa shape index (κ1) is 16.3. The molecule has 0 aliphatic rings. The lowest BCUT2D eigenvalue weighted by atomic mass is 10.1. The van der Waals surface area contributed by atoms with E-state index in [9.17, 15) is 4.79 Å². The molecule has 0 spiro atoms. The van der Waals surface area contributed by atoms with Crippen LogP contribution in [-0.4, -0.2) is 20.3 Å². The number of hydrogen-bond donors (Lipinski definition) is 1. The van der Waals surface area contributed by atoms with Gasteiger partial charge in [0.1, 0.15) is 6.54 Å². The Balaban J connectivity index is 1.63. The quantitative estimate of drug-likeness (QED) is 0.771. The maximum absolute atomic E-state index is 12.2. The molecule has 3 aromatic rings. The van der Waals surface area contributed by atoms with Gasteiger partial charge in [-0.15, -0.1) is 0 Å². The van der Waals surface area contributed by atoms with E-state index in [0.29, 0.717) is 5.02 Å². The molecule has 1 unspecified atom stereocenters. The Morgan fingerprint density at radius 1 is 1.25 bits per heavy atom. The lowest BCUT2D eigenvalue weighted by Gasteiger charge is -2.15. The standard InChI is InChI=1S/C18H19ClN4O/c1-13(21-18(24)12-23-14(2)17(19)11-20-23)15-5-7-16(8-6-15)22-9-3-4-10-22/h3-11,13H,12H2,1-2H3,(H,21,24). The van der Waals surface area contributed by atoms with Gasteiger partial charge in [-0.05, 0) is 43.7 Å². The van der Waals surface area contributed by atoms with Crippen molar-refractivity contribution < 1.29 is 4.79 Å². The zero-order valence-electron chi connectivity index (χ0n) is 13.6. The monoisotopic (exact) mass is 342 g/mol. The minimum Gasteiger partial charge on any atom is -0.348 e. The van der Waals surface area contributed by atoms with Gasteiger partial charge in [-0.3, -0.25) is 9.48 Å². The van der Waals surface area contributed by atoms with Crippen LogP contribution >= 0.6 is 11.6 Å². The minimum atomic E-state index is -0.0974. The van der Waals surface area contributed by atoms with Crippen LogP contribution in [0.1, 0.15) is 24.2 Å². The van der Waals surface area contributed by atoms with Gasteiger partial charge in [0.25, 0.3) is 0 Å². The molecule has 0 bridgehead atoms. The summed E-state index contributed by atoms with van der Waals surface area (Å²) in [4.78, 5) is 12.2. The van der Waals surface area contributed by atoms with Crippen LogP contribution in [-0.2, 0) is 11.3 Å². The van der Waals surface area contributed by atoms with Crippen LogP contribution < -0.4 is 5.32 Å². The van der Waals surface area contributed by atoms with Crippen molar-refractivity contribution in [1.82, 2.24) is 19.7 Å². The van der Waals surface area contributed by atoms with E-state index in [4.69, 9.17) is 11.6 Å². The Morgan fingerprint density at radius 2 is 1.92 bits per heavy atom. The van der Waals surface area contributed by atoms with Crippen molar-refractivity contribution in [2.24, 2.45) is 0 Å². The highest BCUT2D eigenvalue weighted by atomic mass is 35.5. The Kier molecular flexibility index (Phi) is 4.71. The SMILES string of the molecule is Cc1c(Cl)cnn1CC(=O)NC(C)c1ccc(-n2cccc2)cc1. The fraction of sp³-hybridized carbons (Fsp3) is 0.222. The summed E-state index contributed by atoms with van der Waals surface area (Å²) in [5, 5.41) is 7.65. The first-order chi connectivity index (χ1) is 11.5. The predicted octanol–water partition coefficient (Wildman–Crippen LogP) is 3.51. The van der Waals surface area contributed by atoms with Crippen LogP contribution in [0.15, 0.2) is 55.0 Å². The Hall–Kier alpha value is -2.53. The Morgan fingerprint density at radius 3 is 2.50 bits per heavy atom. The number of benzene rings is 1. The number of carbonyl (C=O) groups excluding carboxylic acids is 1.